The van der Waals surface area contributed by atoms with E-state index in [0.717, 1.165) is 13.1 Å². The van der Waals surface area contributed by atoms with Crippen LogP contribution >= 0.6 is 0 Å². The van der Waals surface area contributed by atoms with Gasteiger partial charge in [-0.3, -0.25) is 14.6 Å². The van der Waals surface area contributed by atoms with E-state index < -0.39 is 0 Å². The molecule has 2 heterocycles. The van der Waals surface area contributed by atoms with E-state index in [2.05, 4.69) is 54.1 Å². The van der Waals surface area contributed by atoms with Crippen LogP contribution in [0.3, 0.4) is 0 Å². The molecule has 0 unspecified atom stereocenters. The Labute approximate surface area is 146 Å². The van der Waals surface area contributed by atoms with Gasteiger partial charge in [0.2, 0.25) is 5.91 Å². The second-order valence-corrected chi connectivity index (χ2v) is 7.59. The van der Waals surface area contributed by atoms with Gasteiger partial charge < -0.3 is 5.32 Å². The number of piperidine rings is 1. The van der Waals surface area contributed by atoms with E-state index in [-0.39, 0.29) is 11.9 Å². The van der Waals surface area contributed by atoms with Crippen LogP contribution in [0.4, 0.5) is 0 Å². The molecule has 2 fully saturated rings. The molecule has 2 aliphatic rings. The summed E-state index contributed by atoms with van der Waals surface area (Å²) < 4.78 is 0. The van der Waals surface area contributed by atoms with Crippen molar-refractivity contribution in [2.24, 2.45) is 0 Å². The fraction of sp³-hybridized carbons (Fsp3) is 0.650. The van der Waals surface area contributed by atoms with Crippen LogP contribution in [0.15, 0.2) is 18.2 Å². The Kier molecular flexibility index (Phi) is 5.57. The predicted octanol–water partition coefficient (Wildman–Crippen LogP) is 2.65. The number of rotatable bonds is 5. The Morgan fingerprint density at radius 2 is 1.92 bits per heavy atom. The van der Waals surface area contributed by atoms with E-state index in [4.69, 9.17) is 0 Å². The fourth-order valence-electron chi connectivity index (χ4n) is 3.98. The molecule has 1 aromatic carbocycles. The molecule has 0 aliphatic carbocycles. The van der Waals surface area contributed by atoms with Crippen molar-refractivity contribution in [1.82, 2.24) is 15.1 Å². The summed E-state index contributed by atoms with van der Waals surface area (Å²) in [5.74, 6) is 0.139. The first kappa shape index (κ1) is 17.4. The number of aryl methyl sites for hydroxylation is 2. The molecule has 2 saturated heterocycles. The van der Waals surface area contributed by atoms with Crippen LogP contribution < -0.4 is 5.32 Å². The second-order valence-electron chi connectivity index (χ2n) is 7.59. The molecular weight excluding hydrogens is 298 g/mol. The molecule has 4 heteroatoms. The van der Waals surface area contributed by atoms with Crippen LogP contribution in [0.25, 0.3) is 0 Å². The highest BCUT2D eigenvalue weighted by molar-refractivity contribution is 5.78. The summed E-state index contributed by atoms with van der Waals surface area (Å²) in [5, 5.41) is 3.16. The quantitative estimate of drug-likeness (QED) is 0.902. The molecular formula is C20H31N3O. The van der Waals surface area contributed by atoms with Crippen LogP contribution in [0.2, 0.25) is 0 Å². The van der Waals surface area contributed by atoms with Crippen molar-refractivity contribution in [3.63, 3.8) is 0 Å². The molecule has 2 aliphatic heterocycles. The molecule has 1 atom stereocenters. The average Bonchev–Trinajstić information content (AvgIpc) is 2.53. The van der Waals surface area contributed by atoms with Crippen molar-refractivity contribution in [3.05, 3.63) is 34.9 Å². The number of amides is 1. The third-order valence-electron chi connectivity index (χ3n) is 5.49. The topological polar surface area (TPSA) is 35.6 Å². The van der Waals surface area contributed by atoms with Gasteiger partial charge in [0.1, 0.15) is 0 Å². The molecule has 0 bridgehead atoms. The van der Waals surface area contributed by atoms with E-state index in [1.54, 1.807) is 0 Å². The van der Waals surface area contributed by atoms with Crippen molar-refractivity contribution in [1.29, 1.82) is 0 Å². The Hall–Kier alpha value is -1.39. The van der Waals surface area contributed by atoms with Gasteiger partial charge in [-0.1, -0.05) is 30.2 Å². The van der Waals surface area contributed by atoms with Gasteiger partial charge in [0.05, 0.1) is 12.6 Å². The number of carbonyl (C=O) groups excluding carboxylic acids is 1. The number of hydrogen-bond donors (Lipinski definition) is 1. The summed E-state index contributed by atoms with van der Waals surface area (Å²) in [4.78, 5) is 17.2. The van der Waals surface area contributed by atoms with Crippen molar-refractivity contribution in [3.8, 4) is 0 Å². The second kappa shape index (κ2) is 7.66. The molecule has 24 heavy (non-hydrogen) atoms. The Balaban J connectivity index is 1.44. The minimum atomic E-state index is 0.0663. The molecule has 4 nitrogen and oxygen atoms in total. The van der Waals surface area contributed by atoms with Crippen LogP contribution in [-0.2, 0) is 4.79 Å². The third kappa shape index (κ3) is 4.17. The predicted molar refractivity (Wildman–Crippen MR) is 98.1 cm³/mol. The van der Waals surface area contributed by atoms with Gasteiger partial charge in [-0.2, -0.15) is 0 Å². The zero-order valence-electron chi connectivity index (χ0n) is 15.3. The number of hydrogen-bond acceptors (Lipinski definition) is 3. The lowest BCUT2D eigenvalue weighted by molar-refractivity contribution is -0.125. The van der Waals surface area contributed by atoms with Gasteiger partial charge in [-0.05, 0) is 57.8 Å². The van der Waals surface area contributed by atoms with Crippen molar-refractivity contribution in [2.75, 3.05) is 32.7 Å². The molecule has 0 aromatic heterocycles. The lowest BCUT2D eigenvalue weighted by Crippen LogP contribution is -2.61. The van der Waals surface area contributed by atoms with Crippen LogP contribution in [0.1, 0.15) is 48.9 Å². The third-order valence-corrected chi connectivity index (χ3v) is 5.49. The minimum Gasteiger partial charge on any atom is -0.348 e. The van der Waals surface area contributed by atoms with Gasteiger partial charge >= 0.3 is 0 Å². The van der Waals surface area contributed by atoms with Crippen molar-refractivity contribution in [2.45, 2.75) is 52.1 Å². The first-order chi connectivity index (χ1) is 11.5. The van der Waals surface area contributed by atoms with Crippen LogP contribution in [0, 0.1) is 13.8 Å². The van der Waals surface area contributed by atoms with Crippen molar-refractivity contribution >= 4 is 5.91 Å². The summed E-state index contributed by atoms with van der Waals surface area (Å²) in [5.41, 5.74) is 3.70. The number of nitrogens with one attached hydrogen (secondary N) is 1. The van der Waals surface area contributed by atoms with E-state index >= 15 is 0 Å². The zero-order chi connectivity index (χ0) is 17.1. The highest BCUT2D eigenvalue weighted by Crippen LogP contribution is 2.21. The number of carbonyl (C=O) groups is 1. The first-order valence-corrected chi connectivity index (χ1v) is 9.36. The summed E-state index contributed by atoms with van der Waals surface area (Å²) in [6, 6.07) is 7.17. The van der Waals surface area contributed by atoms with Gasteiger partial charge in [-0.25, -0.2) is 0 Å². The largest absolute Gasteiger partial charge is 0.348 e. The average molecular weight is 329 g/mol. The molecule has 1 amide bonds. The summed E-state index contributed by atoms with van der Waals surface area (Å²) >= 11 is 0. The zero-order valence-corrected chi connectivity index (χ0v) is 15.3. The lowest BCUT2D eigenvalue weighted by Gasteiger charge is -2.46. The highest BCUT2D eigenvalue weighted by Gasteiger charge is 2.33. The highest BCUT2D eigenvalue weighted by atomic mass is 16.2. The SMILES string of the molecule is Cc1ccc(C)c([C@H](C)NC(=O)CN2CC(N3CCCCC3)C2)c1. The maximum atomic E-state index is 12.3. The summed E-state index contributed by atoms with van der Waals surface area (Å²) in [6.07, 6.45) is 4.06. The summed E-state index contributed by atoms with van der Waals surface area (Å²) in [6.45, 7) is 11.4. The maximum absolute atomic E-state index is 12.3. The van der Waals surface area contributed by atoms with E-state index in [1.165, 1.54) is 49.0 Å². The standard InChI is InChI=1S/C20H31N3O/c1-15-7-8-16(2)19(11-15)17(3)21-20(24)14-22-12-18(13-22)23-9-5-4-6-10-23/h7-8,11,17-18H,4-6,9-10,12-14H2,1-3H3,(H,21,24)/t17-/m0/s1. The fourth-order valence-corrected chi connectivity index (χ4v) is 3.98. The van der Waals surface area contributed by atoms with Crippen molar-refractivity contribution < 1.29 is 4.79 Å². The number of nitrogens with zero attached hydrogens (tertiary/aromatic N) is 2. The van der Waals surface area contributed by atoms with Gasteiger partial charge in [0, 0.05) is 19.1 Å². The molecule has 0 radical (unpaired) electrons. The minimum absolute atomic E-state index is 0.0663. The Bertz CT molecular complexity index is 574. The van der Waals surface area contributed by atoms with Crippen LogP contribution in [0.5, 0.6) is 0 Å². The van der Waals surface area contributed by atoms with E-state index in [0.29, 0.717) is 12.6 Å². The first-order valence-electron chi connectivity index (χ1n) is 9.36. The molecule has 0 saturated carbocycles. The molecule has 1 aromatic rings. The monoisotopic (exact) mass is 329 g/mol. The van der Waals surface area contributed by atoms with E-state index in [1.807, 2.05) is 0 Å². The van der Waals surface area contributed by atoms with Gasteiger partial charge in [0.25, 0.3) is 0 Å². The van der Waals surface area contributed by atoms with E-state index in [9.17, 15) is 4.79 Å². The number of likely N-dealkylation sites (tertiary alicyclic amines) is 2. The normalized spacial score (nSPS) is 21.3. The van der Waals surface area contributed by atoms with Crippen LogP contribution in [-0.4, -0.2) is 54.5 Å². The maximum Gasteiger partial charge on any atom is 0.234 e. The molecule has 132 valence electrons. The Morgan fingerprint density at radius 3 is 2.62 bits per heavy atom. The van der Waals surface area contributed by atoms with Gasteiger partial charge in [-0.15, -0.1) is 0 Å². The van der Waals surface area contributed by atoms with Gasteiger partial charge in [0.15, 0.2) is 0 Å². The number of benzene rings is 1. The molecule has 0 spiro atoms. The summed E-state index contributed by atoms with van der Waals surface area (Å²) in [7, 11) is 0. The smallest absolute Gasteiger partial charge is 0.234 e. The molecule has 1 N–H and O–H groups in total. The lowest BCUT2D eigenvalue weighted by atomic mass is 10.00. The molecule has 3 rings (SSSR count). The Morgan fingerprint density at radius 1 is 1.21 bits per heavy atom.